The third-order valence-electron chi connectivity index (χ3n) is 4.21. The minimum absolute atomic E-state index is 0.0913. The van der Waals surface area contributed by atoms with E-state index in [0.717, 1.165) is 5.56 Å². The van der Waals surface area contributed by atoms with Crippen LogP contribution in [0.25, 0.3) is 0 Å². The Morgan fingerprint density at radius 3 is 2.23 bits per heavy atom. The molecule has 0 aliphatic carbocycles. The SMILES string of the molecule is O=C(CSCc1ccc(C(=O)Nc2cccc(C(=O)O)c2)cc1)Nc1ccc(F)cc1. The fraction of sp³-hybridized carbons (Fsp3) is 0.0870. The van der Waals surface area contributed by atoms with Crippen LogP contribution in [0.4, 0.5) is 15.8 Å². The number of carboxylic acid groups (broad SMARTS) is 1. The molecule has 0 heterocycles. The molecule has 158 valence electrons. The van der Waals surface area contributed by atoms with Crippen LogP contribution in [0.5, 0.6) is 0 Å². The van der Waals surface area contributed by atoms with Crippen LogP contribution in [-0.4, -0.2) is 28.6 Å². The van der Waals surface area contributed by atoms with Crippen molar-refractivity contribution in [3.8, 4) is 0 Å². The molecule has 0 saturated carbocycles. The molecule has 31 heavy (non-hydrogen) atoms. The third kappa shape index (κ3) is 6.68. The van der Waals surface area contributed by atoms with Gasteiger partial charge in [-0.3, -0.25) is 9.59 Å². The number of nitrogens with one attached hydrogen (secondary N) is 2. The first-order valence-electron chi connectivity index (χ1n) is 9.27. The molecule has 8 heteroatoms. The number of carbonyl (C=O) groups excluding carboxylic acids is 2. The van der Waals surface area contributed by atoms with Gasteiger partial charge in [0.25, 0.3) is 5.91 Å². The lowest BCUT2D eigenvalue weighted by Crippen LogP contribution is -2.14. The van der Waals surface area contributed by atoms with E-state index in [1.54, 1.807) is 36.4 Å². The van der Waals surface area contributed by atoms with Gasteiger partial charge in [0.05, 0.1) is 11.3 Å². The number of carboxylic acids is 1. The first-order chi connectivity index (χ1) is 14.9. The van der Waals surface area contributed by atoms with Crippen molar-refractivity contribution in [3.63, 3.8) is 0 Å². The zero-order chi connectivity index (χ0) is 22.2. The summed E-state index contributed by atoms with van der Waals surface area (Å²) in [6, 6.07) is 18.5. The first kappa shape index (κ1) is 22.0. The van der Waals surface area contributed by atoms with Gasteiger partial charge in [0, 0.05) is 22.7 Å². The summed E-state index contributed by atoms with van der Waals surface area (Å²) in [5.74, 6) is -1.14. The summed E-state index contributed by atoms with van der Waals surface area (Å²) in [5.41, 5.74) is 2.41. The Morgan fingerprint density at radius 1 is 0.839 bits per heavy atom. The predicted octanol–water partition coefficient (Wildman–Crippen LogP) is 4.65. The second-order valence-corrected chi connectivity index (χ2v) is 7.57. The molecule has 0 unspecified atom stereocenters. The number of carbonyl (C=O) groups is 3. The Labute approximate surface area is 182 Å². The molecule has 0 aliphatic rings. The van der Waals surface area contributed by atoms with Gasteiger partial charge in [-0.05, 0) is 60.2 Å². The van der Waals surface area contributed by atoms with Gasteiger partial charge in [-0.1, -0.05) is 18.2 Å². The number of halogens is 1. The number of anilines is 2. The summed E-state index contributed by atoms with van der Waals surface area (Å²) in [5, 5.41) is 14.4. The minimum Gasteiger partial charge on any atom is -0.478 e. The monoisotopic (exact) mass is 438 g/mol. The molecule has 0 atom stereocenters. The van der Waals surface area contributed by atoms with E-state index in [2.05, 4.69) is 10.6 Å². The van der Waals surface area contributed by atoms with Gasteiger partial charge in [0.2, 0.25) is 5.91 Å². The average Bonchev–Trinajstić information content (AvgIpc) is 2.76. The average molecular weight is 438 g/mol. The second-order valence-electron chi connectivity index (χ2n) is 6.58. The summed E-state index contributed by atoms with van der Waals surface area (Å²) in [6.45, 7) is 0. The third-order valence-corrected chi connectivity index (χ3v) is 5.22. The van der Waals surface area contributed by atoms with Gasteiger partial charge in [0.1, 0.15) is 5.82 Å². The molecular formula is C23H19FN2O4S. The largest absolute Gasteiger partial charge is 0.478 e. The molecule has 3 N–H and O–H groups in total. The predicted molar refractivity (Wildman–Crippen MR) is 119 cm³/mol. The van der Waals surface area contributed by atoms with Crippen LogP contribution < -0.4 is 10.6 Å². The highest BCUT2D eigenvalue weighted by Gasteiger charge is 2.09. The van der Waals surface area contributed by atoms with Crippen molar-refractivity contribution < 1.29 is 23.9 Å². The Morgan fingerprint density at radius 2 is 1.55 bits per heavy atom. The second kappa shape index (κ2) is 10.4. The Bertz CT molecular complexity index is 1090. The molecule has 0 radical (unpaired) electrons. The molecule has 2 amide bonds. The van der Waals surface area contributed by atoms with E-state index in [-0.39, 0.29) is 28.9 Å². The summed E-state index contributed by atoms with van der Waals surface area (Å²) in [6.07, 6.45) is 0. The standard InChI is InChI=1S/C23H19FN2O4S/c24-18-8-10-19(11-9-18)25-21(27)14-31-13-15-4-6-16(7-5-15)22(28)26-20-3-1-2-17(12-20)23(29)30/h1-12H,13-14H2,(H,25,27)(H,26,28)(H,29,30). The van der Waals surface area contributed by atoms with E-state index in [0.29, 0.717) is 22.7 Å². The van der Waals surface area contributed by atoms with Crippen LogP contribution in [0.15, 0.2) is 72.8 Å². The zero-order valence-electron chi connectivity index (χ0n) is 16.3. The highest BCUT2D eigenvalue weighted by molar-refractivity contribution is 7.99. The van der Waals surface area contributed by atoms with E-state index in [1.165, 1.54) is 48.2 Å². The number of hydrogen-bond donors (Lipinski definition) is 3. The lowest BCUT2D eigenvalue weighted by atomic mass is 10.1. The molecule has 0 bridgehead atoms. The van der Waals surface area contributed by atoms with Crippen molar-refractivity contribution in [2.45, 2.75) is 5.75 Å². The van der Waals surface area contributed by atoms with E-state index in [9.17, 15) is 18.8 Å². The quantitative estimate of drug-likeness (QED) is 0.476. The van der Waals surface area contributed by atoms with Crippen molar-refractivity contribution in [3.05, 3.63) is 95.3 Å². The lowest BCUT2D eigenvalue weighted by molar-refractivity contribution is -0.113. The van der Waals surface area contributed by atoms with Crippen molar-refractivity contribution in [1.29, 1.82) is 0 Å². The number of amides is 2. The Kier molecular flexibility index (Phi) is 7.40. The molecule has 0 saturated heterocycles. The number of aromatic carboxylic acids is 1. The molecule has 3 aromatic carbocycles. The minimum atomic E-state index is -1.07. The van der Waals surface area contributed by atoms with Crippen LogP contribution in [0.3, 0.4) is 0 Å². The molecule has 0 aliphatic heterocycles. The molecule has 3 rings (SSSR count). The molecule has 6 nitrogen and oxygen atoms in total. The summed E-state index contributed by atoms with van der Waals surface area (Å²) >= 11 is 1.42. The number of hydrogen-bond acceptors (Lipinski definition) is 4. The Hall–Kier alpha value is -3.65. The van der Waals surface area contributed by atoms with Crippen LogP contribution in [0.1, 0.15) is 26.3 Å². The molecular weight excluding hydrogens is 419 g/mol. The van der Waals surface area contributed by atoms with Crippen LogP contribution >= 0.6 is 11.8 Å². The smallest absolute Gasteiger partial charge is 0.335 e. The normalized spacial score (nSPS) is 10.4. The highest BCUT2D eigenvalue weighted by atomic mass is 32.2. The first-order valence-corrected chi connectivity index (χ1v) is 10.4. The topological polar surface area (TPSA) is 95.5 Å². The zero-order valence-corrected chi connectivity index (χ0v) is 17.1. The maximum Gasteiger partial charge on any atom is 0.335 e. The maximum absolute atomic E-state index is 12.9. The number of rotatable bonds is 8. The molecule has 0 spiro atoms. The van der Waals surface area contributed by atoms with E-state index < -0.39 is 5.97 Å². The summed E-state index contributed by atoms with van der Waals surface area (Å²) in [4.78, 5) is 35.3. The van der Waals surface area contributed by atoms with Crippen molar-refractivity contribution >= 4 is 40.9 Å². The number of benzene rings is 3. The van der Waals surface area contributed by atoms with Crippen molar-refractivity contribution in [1.82, 2.24) is 0 Å². The van der Waals surface area contributed by atoms with E-state index in [4.69, 9.17) is 5.11 Å². The summed E-state index contributed by atoms with van der Waals surface area (Å²) < 4.78 is 12.9. The fourth-order valence-electron chi connectivity index (χ4n) is 2.68. The van der Waals surface area contributed by atoms with Gasteiger partial charge in [-0.2, -0.15) is 0 Å². The van der Waals surface area contributed by atoms with Crippen molar-refractivity contribution in [2.75, 3.05) is 16.4 Å². The fourth-order valence-corrected chi connectivity index (χ4v) is 3.47. The summed E-state index contributed by atoms with van der Waals surface area (Å²) in [7, 11) is 0. The van der Waals surface area contributed by atoms with E-state index >= 15 is 0 Å². The van der Waals surface area contributed by atoms with Gasteiger partial charge in [0.15, 0.2) is 0 Å². The molecule has 0 aromatic heterocycles. The molecule has 0 fully saturated rings. The van der Waals surface area contributed by atoms with Gasteiger partial charge < -0.3 is 15.7 Å². The van der Waals surface area contributed by atoms with Crippen LogP contribution in [-0.2, 0) is 10.5 Å². The maximum atomic E-state index is 12.9. The lowest BCUT2D eigenvalue weighted by Gasteiger charge is -2.08. The molecule has 3 aromatic rings. The van der Waals surface area contributed by atoms with E-state index in [1.807, 2.05) is 0 Å². The van der Waals surface area contributed by atoms with Gasteiger partial charge in [-0.25, -0.2) is 9.18 Å². The van der Waals surface area contributed by atoms with Crippen LogP contribution in [0, 0.1) is 5.82 Å². The van der Waals surface area contributed by atoms with Crippen LogP contribution in [0.2, 0.25) is 0 Å². The van der Waals surface area contributed by atoms with Gasteiger partial charge >= 0.3 is 5.97 Å². The van der Waals surface area contributed by atoms with Gasteiger partial charge in [-0.15, -0.1) is 11.8 Å². The highest BCUT2D eigenvalue weighted by Crippen LogP contribution is 2.16. The number of thioether (sulfide) groups is 1. The van der Waals surface area contributed by atoms with Crippen molar-refractivity contribution in [2.24, 2.45) is 0 Å². The Balaban J connectivity index is 1.47.